The van der Waals surface area contributed by atoms with Crippen LogP contribution in [0.25, 0.3) is 0 Å². The summed E-state index contributed by atoms with van der Waals surface area (Å²) >= 11 is 0. The minimum absolute atomic E-state index is 0.706. The predicted molar refractivity (Wildman–Crippen MR) is 65.4 cm³/mol. The smallest absolute Gasteiger partial charge is 0.121 e. The molecule has 3 nitrogen and oxygen atoms in total. The zero-order valence-electron chi connectivity index (χ0n) is 9.71. The minimum atomic E-state index is 0.706. The molecule has 0 saturated carbocycles. The largest absolute Gasteiger partial charge is 0.497 e. The number of ether oxygens (including phenoxy) is 1. The van der Waals surface area contributed by atoms with Crippen molar-refractivity contribution < 1.29 is 4.74 Å². The van der Waals surface area contributed by atoms with Gasteiger partial charge < -0.3 is 15.8 Å². The van der Waals surface area contributed by atoms with Crippen LogP contribution in [0.3, 0.4) is 0 Å². The molecule has 0 radical (unpaired) electrons. The summed E-state index contributed by atoms with van der Waals surface area (Å²) < 4.78 is 5.08. The van der Waals surface area contributed by atoms with Gasteiger partial charge in [0.2, 0.25) is 0 Å². The van der Waals surface area contributed by atoms with Gasteiger partial charge in [0.15, 0.2) is 0 Å². The maximum absolute atomic E-state index is 5.87. The van der Waals surface area contributed by atoms with Crippen molar-refractivity contribution in [3.8, 4) is 5.75 Å². The average Bonchev–Trinajstić information content (AvgIpc) is 2.20. The van der Waals surface area contributed by atoms with E-state index in [1.54, 1.807) is 7.11 Å². The Balaban J connectivity index is 2.54. The van der Waals surface area contributed by atoms with E-state index in [0.29, 0.717) is 5.92 Å². The Morgan fingerprint density at radius 1 is 1.40 bits per heavy atom. The zero-order valence-corrected chi connectivity index (χ0v) is 9.71. The number of hydrogen-bond donors (Lipinski definition) is 2. The first-order valence-corrected chi connectivity index (χ1v) is 5.31. The molecule has 0 aromatic heterocycles. The van der Waals surface area contributed by atoms with Crippen LogP contribution in [-0.4, -0.2) is 13.7 Å². The summed E-state index contributed by atoms with van der Waals surface area (Å²) in [5.74, 6) is 1.50. The Bertz CT molecular complexity index is 310. The topological polar surface area (TPSA) is 47.3 Å². The van der Waals surface area contributed by atoms with Crippen molar-refractivity contribution in [2.45, 2.75) is 20.3 Å². The zero-order chi connectivity index (χ0) is 11.3. The molecule has 0 unspecified atom stereocenters. The van der Waals surface area contributed by atoms with Gasteiger partial charge in [0.05, 0.1) is 18.5 Å². The van der Waals surface area contributed by atoms with Crippen LogP contribution in [0.4, 0.5) is 11.4 Å². The fraction of sp³-hybridized carbons (Fsp3) is 0.500. The van der Waals surface area contributed by atoms with Gasteiger partial charge in [-0.2, -0.15) is 0 Å². The Hall–Kier alpha value is -1.38. The predicted octanol–water partition coefficient (Wildman–Crippen LogP) is 2.74. The molecule has 3 N–H and O–H groups in total. The minimum Gasteiger partial charge on any atom is -0.497 e. The number of anilines is 2. The van der Waals surface area contributed by atoms with E-state index in [-0.39, 0.29) is 0 Å². The molecular weight excluding hydrogens is 188 g/mol. The van der Waals surface area contributed by atoms with Gasteiger partial charge in [0.1, 0.15) is 5.75 Å². The molecule has 0 heterocycles. The molecule has 0 aliphatic heterocycles. The third kappa shape index (κ3) is 3.70. The van der Waals surface area contributed by atoms with Gasteiger partial charge in [0.25, 0.3) is 0 Å². The van der Waals surface area contributed by atoms with Crippen molar-refractivity contribution in [1.82, 2.24) is 0 Å². The molecule has 0 bridgehead atoms. The van der Waals surface area contributed by atoms with E-state index >= 15 is 0 Å². The Labute approximate surface area is 91.6 Å². The lowest BCUT2D eigenvalue weighted by atomic mass is 10.1. The lowest BCUT2D eigenvalue weighted by Gasteiger charge is -2.11. The van der Waals surface area contributed by atoms with E-state index in [9.17, 15) is 0 Å². The number of benzene rings is 1. The Kier molecular flexibility index (Phi) is 4.28. The van der Waals surface area contributed by atoms with Crippen molar-refractivity contribution >= 4 is 11.4 Å². The van der Waals surface area contributed by atoms with Crippen LogP contribution in [0.15, 0.2) is 18.2 Å². The van der Waals surface area contributed by atoms with E-state index in [1.807, 2.05) is 18.2 Å². The van der Waals surface area contributed by atoms with E-state index in [4.69, 9.17) is 10.5 Å². The molecule has 0 fully saturated rings. The number of rotatable bonds is 5. The first-order chi connectivity index (χ1) is 7.13. The van der Waals surface area contributed by atoms with E-state index in [2.05, 4.69) is 19.2 Å². The van der Waals surface area contributed by atoms with Gasteiger partial charge in [0, 0.05) is 12.6 Å². The second-order valence-electron chi connectivity index (χ2n) is 4.06. The molecule has 84 valence electrons. The molecule has 1 aromatic carbocycles. The fourth-order valence-electron chi connectivity index (χ4n) is 1.32. The molecule has 0 aliphatic carbocycles. The van der Waals surface area contributed by atoms with Crippen molar-refractivity contribution in [2.75, 3.05) is 24.7 Å². The summed E-state index contributed by atoms with van der Waals surface area (Å²) in [6.07, 6.45) is 1.14. The summed E-state index contributed by atoms with van der Waals surface area (Å²) in [6.45, 7) is 5.37. The number of hydrogen-bond acceptors (Lipinski definition) is 3. The highest BCUT2D eigenvalue weighted by Crippen LogP contribution is 2.23. The van der Waals surface area contributed by atoms with Crippen LogP contribution in [0, 0.1) is 5.92 Å². The second-order valence-corrected chi connectivity index (χ2v) is 4.06. The highest BCUT2D eigenvalue weighted by molar-refractivity contribution is 5.68. The molecule has 15 heavy (non-hydrogen) atoms. The van der Waals surface area contributed by atoms with Crippen molar-refractivity contribution in [3.05, 3.63) is 18.2 Å². The van der Waals surface area contributed by atoms with E-state index < -0.39 is 0 Å². The van der Waals surface area contributed by atoms with E-state index in [1.165, 1.54) is 0 Å². The standard InChI is InChI=1S/C12H20N2O/c1-9(2)6-7-14-12-5-4-10(15-3)8-11(12)13/h4-5,8-9,14H,6-7,13H2,1-3H3. The van der Waals surface area contributed by atoms with Crippen LogP contribution in [0.1, 0.15) is 20.3 Å². The Morgan fingerprint density at radius 3 is 2.67 bits per heavy atom. The monoisotopic (exact) mass is 208 g/mol. The number of nitrogens with one attached hydrogen (secondary N) is 1. The van der Waals surface area contributed by atoms with Gasteiger partial charge in [-0.3, -0.25) is 0 Å². The summed E-state index contributed by atoms with van der Waals surface area (Å²) in [4.78, 5) is 0. The molecule has 1 aromatic rings. The molecule has 0 atom stereocenters. The molecule has 1 rings (SSSR count). The summed E-state index contributed by atoms with van der Waals surface area (Å²) in [7, 11) is 1.64. The van der Waals surface area contributed by atoms with Crippen LogP contribution in [-0.2, 0) is 0 Å². The molecule has 0 aliphatic rings. The van der Waals surface area contributed by atoms with Crippen molar-refractivity contribution in [1.29, 1.82) is 0 Å². The van der Waals surface area contributed by atoms with Crippen LogP contribution < -0.4 is 15.8 Å². The van der Waals surface area contributed by atoms with Crippen LogP contribution in [0.5, 0.6) is 5.75 Å². The van der Waals surface area contributed by atoms with Gasteiger partial charge >= 0.3 is 0 Å². The lowest BCUT2D eigenvalue weighted by Crippen LogP contribution is -2.06. The Morgan fingerprint density at radius 2 is 2.13 bits per heavy atom. The average molecular weight is 208 g/mol. The van der Waals surface area contributed by atoms with Gasteiger partial charge in [-0.25, -0.2) is 0 Å². The maximum atomic E-state index is 5.87. The third-order valence-corrected chi connectivity index (χ3v) is 2.30. The van der Waals surface area contributed by atoms with Crippen LogP contribution in [0.2, 0.25) is 0 Å². The molecule has 3 heteroatoms. The summed E-state index contributed by atoms with van der Waals surface area (Å²) in [5.41, 5.74) is 7.59. The molecule has 0 spiro atoms. The highest BCUT2D eigenvalue weighted by Gasteiger charge is 2.00. The number of nitrogen functional groups attached to an aromatic ring is 1. The van der Waals surface area contributed by atoms with Crippen molar-refractivity contribution in [2.24, 2.45) is 5.92 Å². The number of nitrogens with two attached hydrogens (primary N) is 1. The molecule has 0 saturated heterocycles. The summed E-state index contributed by atoms with van der Waals surface area (Å²) in [6, 6.07) is 5.69. The van der Waals surface area contributed by atoms with Gasteiger partial charge in [-0.05, 0) is 24.5 Å². The first kappa shape index (κ1) is 11.7. The van der Waals surface area contributed by atoms with Gasteiger partial charge in [-0.15, -0.1) is 0 Å². The normalized spacial score (nSPS) is 10.4. The SMILES string of the molecule is COc1ccc(NCCC(C)C)c(N)c1. The molecular formula is C12H20N2O. The number of methoxy groups -OCH3 is 1. The van der Waals surface area contributed by atoms with E-state index in [0.717, 1.165) is 30.1 Å². The molecule has 0 amide bonds. The quantitative estimate of drug-likeness (QED) is 0.731. The third-order valence-electron chi connectivity index (χ3n) is 2.30. The van der Waals surface area contributed by atoms with Crippen molar-refractivity contribution in [3.63, 3.8) is 0 Å². The highest BCUT2D eigenvalue weighted by atomic mass is 16.5. The fourth-order valence-corrected chi connectivity index (χ4v) is 1.32. The summed E-state index contributed by atoms with van der Waals surface area (Å²) in [5, 5.41) is 3.32. The van der Waals surface area contributed by atoms with Gasteiger partial charge in [-0.1, -0.05) is 13.8 Å². The second kappa shape index (κ2) is 5.49. The first-order valence-electron chi connectivity index (χ1n) is 5.31. The lowest BCUT2D eigenvalue weighted by molar-refractivity contribution is 0.415. The van der Waals surface area contributed by atoms with Crippen LogP contribution >= 0.6 is 0 Å². The maximum Gasteiger partial charge on any atom is 0.121 e.